The number of hydrogen-bond acceptors (Lipinski definition) is 6. The van der Waals surface area contributed by atoms with Crippen LogP contribution in [-0.2, 0) is 11.4 Å². The number of halogens is 1. The molecule has 3 aromatic carbocycles. The Balaban J connectivity index is 1.46. The van der Waals surface area contributed by atoms with Crippen molar-refractivity contribution in [3.8, 4) is 11.5 Å². The summed E-state index contributed by atoms with van der Waals surface area (Å²) in [5, 5.41) is 11.3. The van der Waals surface area contributed by atoms with E-state index < -0.39 is 6.04 Å². The van der Waals surface area contributed by atoms with Gasteiger partial charge in [-0.15, -0.1) is 0 Å². The van der Waals surface area contributed by atoms with Gasteiger partial charge in [-0.3, -0.25) is 4.79 Å². The fourth-order valence-electron chi connectivity index (χ4n) is 4.15. The second-order valence-electron chi connectivity index (χ2n) is 8.24. The van der Waals surface area contributed by atoms with Gasteiger partial charge in [-0.25, -0.2) is 4.68 Å². The quantitative estimate of drug-likeness (QED) is 0.350. The lowest BCUT2D eigenvalue weighted by Gasteiger charge is -2.29. The molecule has 1 aromatic heterocycles. The Labute approximate surface area is 213 Å². The van der Waals surface area contributed by atoms with Gasteiger partial charge in [0.25, 0.3) is 5.91 Å². The van der Waals surface area contributed by atoms with E-state index >= 15 is 0 Å². The highest BCUT2D eigenvalue weighted by molar-refractivity contribution is 6.30. The van der Waals surface area contributed by atoms with E-state index in [0.29, 0.717) is 46.0 Å². The summed E-state index contributed by atoms with van der Waals surface area (Å²) in [6.07, 6.45) is 1.46. The molecular formula is C27H24ClN5O3. The van der Waals surface area contributed by atoms with Crippen molar-refractivity contribution in [2.45, 2.75) is 19.6 Å². The normalized spacial score (nSPS) is 14.6. The van der Waals surface area contributed by atoms with E-state index in [1.54, 1.807) is 23.9 Å². The molecule has 0 spiro atoms. The van der Waals surface area contributed by atoms with Crippen molar-refractivity contribution < 1.29 is 14.3 Å². The van der Waals surface area contributed by atoms with Crippen LogP contribution in [0, 0.1) is 0 Å². The summed E-state index contributed by atoms with van der Waals surface area (Å²) in [6.45, 7) is 2.24. The van der Waals surface area contributed by atoms with Crippen molar-refractivity contribution in [3.05, 3.63) is 107 Å². The Kier molecular flexibility index (Phi) is 6.60. The zero-order valence-electron chi connectivity index (χ0n) is 19.7. The van der Waals surface area contributed by atoms with Crippen molar-refractivity contribution in [1.82, 2.24) is 14.8 Å². The fourth-order valence-corrected chi connectivity index (χ4v) is 4.28. The van der Waals surface area contributed by atoms with Gasteiger partial charge in [0.2, 0.25) is 5.95 Å². The summed E-state index contributed by atoms with van der Waals surface area (Å²) in [4.78, 5) is 17.9. The van der Waals surface area contributed by atoms with Crippen LogP contribution in [0.15, 0.2) is 90.4 Å². The number of rotatable bonds is 7. The molecule has 0 bridgehead atoms. The summed E-state index contributed by atoms with van der Waals surface area (Å²) in [6, 6.07) is 21.9. The van der Waals surface area contributed by atoms with Gasteiger partial charge < -0.3 is 20.1 Å². The topological polar surface area (TPSA) is 90.3 Å². The van der Waals surface area contributed by atoms with Gasteiger partial charge in [-0.1, -0.05) is 48.0 Å². The van der Waals surface area contributed by atoms with Gasteiger partial charge in [0.1, 0.15) is 30.5 Å². The molecule has 0 saturated carbocycles. The zero-order valence-corrected chi connectivity index (χ0v) is 20.5. The van der Waals surface area contributed by atoms with E-state index in [0.717, 1.165) is 11.1 Å². The number of ether oxygens (including phenoxy) is 2. The van der Waals surface area contributed by atoms with E-state index in [-0.39, 0.29) is 5.91 Å². The smallest absolute Gasteiger partial charge is 0.255 e. The molecule has 182 valence electrons. The molecule has 0 radical (unpaired) electrons. The highest BCUT2D eigenvalue weighted by Crippen LogP contribution is 2.37. The van der Waals surface area contributed by atoms with Crippen LogP contribution in [0.25, 0.3) is 0 Å². The predicted octanol–water partition coefficient (Wildman–Crippen LogP) is 5.45. The van der Waals surface area contributed by atoms with Crippen molar-refractivity contribution in [3.63, 3.8) is 0 Å². The van der Waals surface area contributed by atoms with E-state index in [2.05, 4.69) is 20.7 Å². The second kappa shape index (κ2) is 10.1. The standard InChI is InChI=1S/C27H24ClN5O3/c1-17-24(26(34)32-22-8-3-4-9-23(22)35-2)25(33-27(31-17)29-16-30-33)19-6-5-7-21(14-19)36-15-18-10-12-20(28)13-11-18/h3-14,16,25H,15H2,1-2H3,(H,32,34)(H,29,30,31). The maximum absolute atomic E-state index is 13.6. The summed E-state index contributed by atoms with van der Waals surface area (Å²) < 4.78 is 13.1. The molecule has 0 aliphatic carbocycles. The lowest BCUT2D eigenvalue weighted by Crippen LogP contribution is -2.31. The number of para-hydroxylation sites is 2. The largest absolute Gasteiger partial charge is 0.495 e. The molecule has 1 unspecified atom stereocenters. The molecule has 1 amide bonds. The molecular weight excluding hydrogens is 478 g/mol. The summed E-state index contributed by atoms with van der Waals surface area (Å²) >= 11 is 5.98. The van der Waals surface area contributed by atoms with Gasteiger partial charge in [0.15, 0.2) is 0 Å². The van der Waals surface area contributed by atoms with Crippen LogP contribution in [0.5, 0.6) is 11.5 Å². The number of nitrogens with zero attached hydrogens (tertiary/aromatic N) is 3. The molecule has 2 heterocycles. The fraction of sp³-hybridized carbons (Fsp3) is 0.148. The van der Waals surface area contributed by atoms with Crippen LogP contribution >= 0.6 is 11.6 Å². The molecule has 1 aliphatic heterocycles. The minimum Gasteiger partial charge on any atom is -0.495 e. The van der Waals surface area contributed by atoms with Crippen molar-refractivity contribution in [2.24, 2.45) is 0 Å². The Morgan fingerprint density at radius 3 is 2.72 bits per heavy atom. The van der Waals surface area contributed by atoms with Crippen LogP contribution in [-0.4, -0.2) is 27.8 Å². The number of benzene rings is 3. The highest BCUT2D eigenvalue weighted by Gasteiger charge is 2.34. The van der Waals surface area contributed by atoms with Crippen LogP contribution in [0.1, 0.15) is 24.1 Å². The number of hydrogen-bond donors (Lipinski definition) is 2. The van der Waals surface area contributed by atoms with Crippen molar-refractivity contribution in [2.75, 3.05) is 17.7 Å². The molecule has 0 fully saturated rings. The minimum atomic E-state index is -0.516. The number of fused-ring (bicyclic) bond motifs is 1. The first-order valence-corrected chi connectivity index (χ1v) is 11.7. The molecule has 1 atom stereocenters. The number of nitrogens with one attached hydrogen (secondary N) is 2. The average Bonchev–Trinajstić information content (AvgIpc) is 3.36. The number of carbonyl (C=O) groups is 1. The van der Waals surface area contributed by atoms with E-state index in [1.807, 2.05) is 67.6 Å². The molecule has 0 saturated heterocycles. The molecule has 5 rings (SSSR count). The first kappa shape index (κ1) is 23.4. The second-order valence-corrected chi connectivity index (χ2v) is 8.67. The minimum absolute atomic E-state index is 0.275. The molecule has 4 aromatic rings. The monoisotopic (exact) mass is 501 g/mol. The summed E-state index contributed by atoms with van der Waals surface area (Å²) in [5.74, 6) is 1.52. The van der Waals surface area contributed by atoms with Gasteiger partial charge in [-0.2, -0.15) is 10.1 Å². The number of amides is 1. The molecule has 9 heteroatoms. The van der Waals surface area contributed by atoms with Crippen molar-refractivity contribution in [1.29, 1.82) is 0 Å². The number of methoxy groups -OCH3 is 1. The van der Waals surface area contributed by atoms with Crippen LogP contribution in [0.4, 0.5) is 11.6 Å². The maximum Gasteiger partial charge on any atom is 0.255 e. The first-order chi connectivity index (χ1) is 17.5. The maximum atomic E-state index is 13.6. The van der Waals surface area contributed by atoms with E-state index in [4.69, 9.17) is 21.1 Å². The van der Waals surface area contributed by atoms with Crippen LogP contribution < -0.4 is 20.1 Å². The molecule has 36 heavy (non-hydrogen) atoms. The lowest BCUT2D eigenvalue weighted by molar-refractivity contribution is -0.113. The molecule has 8 nitrogen and oxygen atoms in total. The zero-order chi connectivity index (χ0) is 25.1. The molecule has 1 aliphatic rings. The predicted molar refractivity (Wildman–Crippen MR) is 138 cm³/mol. The first-order valence-electron chi connectivity index (χ1n) is 11.3. The lowest BCUT2D eigenvalue weighted by atomic mass is 9.94. The van der Waals surface area contributed by atoms with Gasteiger partial charge in [0.05, 0.1) is 18.4 Å². The Hall–Kier alpha value is -4.30. The van der Waals surface area contributed by atoms with E-state index in [1.165, 1.54) is 6.33 Å². The molecule has 2 N–H and O–H groups in total. The summed E-state index contributed by atoms with van der Waals surface area (Å²) in [5.41, 5.74) is 3.60. The highest BCUT2D eigenvalue weighted by atomic mass is 35.5. The summed E-state index contributed by atoms with van der Waals surface area (Å²) in [7, 11) is 1.57. The van der Waals surface area contributed by atoms with Gasteiger partial charge in [0, 0.05) is 10.7 Å². The third-order valence-corrected chi connectivity index (χ3v) is 6.14. The Morgan fingerprint density at radius 1 is 1.11 bits per heavy atom. The van der Waals surface area contributed by atoms with Gasteiger partial charge in [-0.05, 0) is 54.4 Å². The van der Waals surface area contributed by atoms with Crippen molar-refractivity contribution >= 4 is 29.1 Å². The van der Waals surface area contributed by atoms with Gasteiger partial charge >= 0.3 is 0 Å². The van der Waals surface area contributed by atoms with Crippen LogP contribution in [0.2, 0.25) is 5.02 Å². The van der Waals surface area contributed by atoms with Crippen LogP contribution in [0.3, 0.4) is 0 Å². The Bertz CT molecular complexity index is 1430. The Morgan fingerprint density at radius 2 is 1.92 bits per heavy atom. The number of allylic oxidation sites excluding steroid dienone is 1. The third kappa shape index (κ3) is 4.76. The average molecular weight is 502 g/mol. The third-order valence-electron chi connectivity index (χ3n) is 5.89. The SMILES string of the molecule is COc1ccccc1NC(=O)C1=C(C)Nc2ncnn2C1c1cccc(OCc2ccc(Cl)cc2)c1. The number of carbonyl (C=O) groups excluding carboxylic acids is 1. The van der Waals surface area contributed by atoms with E-state index in [9.17, 15) is 4.79 Å². The number of aromatic nitrogens is 3. The number of anilines is 2.